The van der Waals surface area contributed by atoms with Crippen LogP contribution in [0.25, 0.3) is 0 Å². The third-order valence-corrected chi connectivity index (χ3v) is 5.74. The Morgan fingerprint density at radius 1 is 1.50 bits per heavy atom. The lowest BCUT2D eigenvalue weighted by Crippen LogP contribution is -2.61. The second kappa shape index (κ2) is 6.56. The summed E-state index contributed by atoms with van der Waals surface area (Å²) in [5.74, 6) is 1.08. The first-order chi connectivity index (χ1) is 10.6. The van der Waals surface area contributed by atoms with Gasteiger partial charge in [-0.25, -0.2) is 0 Å². The molecule has 3 heterocycles. The summed E-state index contributed by atoms with van der Waals surface area (Å²) in [6.07, 6.45) is 1.27. The smallest absolute Gasteiger partial charge is 0.248 e. The first kappa shape index (κ1) is 15.8. The number of amides is 1. The van der Waals surface area contributed by atoms with Crippen LogP contribution in [0.2, 0.25) is 0 Å². The Labute approximate surface area is 135 Å². The molecular weight excluding hydrogens is 300 g/mol. The molecule has 0 aliphatic carbocycles. The summed E-state index contributed by atoms with van der Waals surface area (Å²) >= 11 is 1.94. The van der Waals surface area contributed by atoms with Crippen molar-refractivity contribution in [1.29, 1.82) is 0 Å². The van der Waals surface area contributed by atoms with Crippen molar-refractivity contribution in [2.24, 2.45) is 0 Å². The quantitative estimate of drug-likeness (QED) is 0.825. The van der Waals surface area contributed by atoms with Gasteiger partial charge < -0.3 is 14.4 Å². The lowest BCUT2D eigenvalue weighted by atomic mass is 9.93. The van der Waals surface area contributed by atoms with Gasteiger partial charge in [0.05, 0.1) is 23.2 Å². The minimum absolute atomic E-state index is 0.0852. The lowest BCUT2D eigenvalue weighted by Gasteiger charge is -2.47. The van der Waals surface area contributed by atoms with Gasteiger partial charge in [0.2, 0.25) is 5.91 Å². The Hall–Kier alpha value is -1.11. The SMILES string of the molecule is COCC(=O)N1CC2(CC(OCc3cccc(C)n3)CS2)C1. The van der Waals surface area contributed by atoms with E-state index < -0.39 is 0 Å². The van der Waals surface area contributed by atoms with E-state index in [2.05, 4.69) is 4.98 Å². The van der Waals surface area contributed by atoms with Gasteiger partial charge in [0.1, 0.15) is 6.61 Å². The zero-order valence-corrected chi connectivity index (χ0v) is 13.9. The summed E-state index contributed by atoms with van der Waals surface area (Å²) in [5, 5.41) is 0. The molecule has 2 fully saturated rings. The molecule has 2 aliphatic heterocycles. The van der Waals surface area contributed by atoms with E-state index in [0.29, 0.717) is 6.61 Å². The fourth-order valence-electron chi connectivity index (χ4n) is 3.05. The molecule has 0 bridgehead atoms. The Kier molecular flexibility index (Phi) is 4.70. The molecule has 120 valence electrons. The van der Waals surface area contributed by atoms with Gasteiger partial charge in [-0.3, -0.25) is 9.78 Å². The van der Waals surface area contributed by atoms with E-state index in [0.717, 1.165) is 36.7 Å². The van der Waals surface area contributed by atoms with Crippen LogP contribution in [0.4, 0.5) is 0 Å². The van der Waals surface area contributed by atoms with Crippen molar-refractivity contribution in [3.05, 3.63) is 29.6 Å². The number of nitrogens with zero attached hydrogens (tertiary/aromatic N) is 2. The monoisotopic (exact) mass is 322 g/mol. The third-order valence-electron chi connectivity index (χ3n) is 4.17. The van der Waals surface area contributed by atoms with E-state index >= 15 is 0 Å². The molecule has 2 aliphatic rings. The molecule has 0 N–H and O–H groups in total. The first-order valence-electron chi connectivity index (χ1n) is 7.55. The molecule has 0 radical (unpaired) electrons. The number of aryl methyl sites for hydroxylation is 1. The molecule has 1 spiro atoms. The van der Waals surface area contributed by atoms with E-state index in [1.165, 1.54) is 0 Å². The number of pyridine rings is 1. The van der Waals surface area contributed by atoms with E-state index in [-0.39, 0.29) is 23.4 Å². The Balaban J connectivity index is 1.45. The highest BCUT2D eigenvalue weighted by molar-refractivity contribution is 8.01. The molecule has 0 aromatic carbocycles. The minimum Gasteiger partial charge on any atom is -0.375 e. The molecule has 1 aromatic heterocycles. The van der Waals surface area contributed by atoms with Gasteiger partial charge in [-0.1, -0.05) is 6.07 Å². The van der Waals surface area contributed by atoms with Gasteiger partial charge in [0, 0.05) is 31.6 Å². The zero-order chi connectivity index (χ0) is 15.6. The van der Waals surface area contributed by atoms with E-state index in [4.69, 9.17) is 9.47 Å². The summed E-state index contributed by atoms with van der Waals surface area (Å²) in [5.41, 5.74) is 2.00. The molecule has 1 aromatic rings. The van der Waals surface area contributed by atoms with Crippen LogP contribution < -0.4 is 0 Å². The minimum atomic E-state index is 0.0852. The average molecular weight is 322 g/mol. The number of carbonyl (C=O) groups is 1. The maximum atomic E-state index is 11.7. The van der Waals surface area contributed by atoms with Crippen LogP contribution in [0.1, 0.15) is 17.8 Å². The molecule has 1 unspecified atom stereocenters. The van der Waals surface area contributed by atoms with Crippen LogP contribution >= 0.6 is 11.8 Å². The van der Waals surface area contributed by atoms with Gasteiger partial charge in [-0.15, -0.1) is 11.8 Å². The number of methoxy groups -OCH3 is 1. The van der Waals surface area contributed by atoms with Crippen LogP contribution in [0.15, 0.2) is 18.2 Å². The number of hydrogen-bond acceptors (Lipinski definition) is 5. The van der Waals surface area contributed by atoms with Crippen LogP contribution in [-0.2, 0) is 20.9 Å². The maximum Gasteiger partial charge on any atom is 0.248 e. The number of hydrogen-bond donors (Lipinski definition) is 0. The summed E-state index contributed by atoms with van der Waals surface area (Å²) < 4.78 is 11.1. The van der Waals surface area contributed by atoms with E-state index in [1.807, 2.05) is 41.8 Å². The van der Waals surface area contributed by atoms with Gasteiger partial charge >= 0.3 is 0 Å². The average Bonchev–Trinajstić information content (AvgIpc) is 2.88. The van der Waals surface area contributed by atoms with Crippen LogP contribution in [0.3, 0.4) is 0 Å². The molecule has 0 saturated carbocycles. The van der Waals surface area contributed by atoms with Crippen molar-refractivity contribution in [2.45, 2.75) is 30.8 Å². The molecule has 5 nitrogen and oxygen atoms in total. The third kappa shape index (κ3) is 3.45. The van der Waals surface area contributed by atoms with Crippen molar-refractivity contribution >= 4 is 17.7 Å². The molecule has 3 rings (SSSR count). The number of aromatic nitrogens is 1. The van der Waals surface area contributed by atoms with Crippen LogP contribution in [-0.4, -0.2) is 59.2 Å². The number of likely N-dealkylation sites (tertiary alicyclic amines) is 1. The van der Waals surface area contributed by atoms with Gasteiger partial charge in [0.25, 0.3) is 0 Å². The van der Waals surface area contributed by atoms with Gasteiger partial charge in [-0.05, 0) is 25.5 Å². The maximum absolute atomic E-state index is 11.7. The zero-order valence-electron chi connectivity index (χ0n) is 13.1. The van der Waals surface area contributed by atoms with Gasteiger partial charge in [0.15, 0.2) is 0 Å². The fraction of sp³-hybridized carbons (Fsp3) is 0.625. The van der Waals surface area contributed by atoms with Crippen molar-refractivity contribution < 1.29 is 14.3 Å². The molecule has 2 saturated heterocycles. The lowest BCUT2D eigenvalue weighted by molar-refractivity contribution is -0.140. The van der Waals surface area contributed by atoms with Crippen LogP contribution in [0.5, 0.6) is 0 Å². The predicted octanol–water partition coefficient (Wildman–Crippen LogP) is 1.64. The highest BCUT2D eigenvalue weighted by Crippen LogP contribution is 2.46. The van der Waals surface area contributed by atoms with Crippen LogP contribution in [0, 0.1) is 6.92 Å². The first-order valence-corrected chi connectivity index (χ1v) is 8.54. The largest absolute Gasteiger partial charge is 0.375 e. The topological polar surface area (TPSA) is 51.7 Å². The summed E-state index contributed by atoms with van der Waals surface area (Å²) in [7, 11) is 1.56. The highest BCUT2D eigenvalue weighted by atomic mass is 32.2. The molecule has 22 heavy (non-hydrogen) atoms. The van der Waals surface area contributed by atoms with Crippen molar-refractivity contribution in [1.82, 2.24) is 9.88 Å². The summed E-state index contributed by atoms with van der Waals surface area (Å²) in [4.78, 5) is 18.1. The number of ether oxygens (including phenoxy) is 2. The van der Waals surface area contributed by atoms with Crippen molar-refractivity contribution in [3.63, 3.8) is 0 Å². The predicted molar refractivity (Wildman–Crippen MR) is 85.8 cm³/mol. The number of carbonyl (C=O) groups excluding carboxylic acids is 1. The highest BCUT2D eigenvalue weighted by Gasteiger charge is 2.50. The Morgan fingerprint density at radius 3 is 3.05 bits per heavy atom. The molecule has 6 heteroatoms. The molecule has 1 atom stereocenters. The number of thioether (sulfide) groups is 1. The fourth-order valence-corrected chi connectivity index (χ4v) is 4.61. The normalized spacial score (nSPS) is 22.8. The molecule has 1 amide bonds. The Morgan fingerprint density at radius 2 is 2.32 bits per heavy atom. The summed E-state index contributed by atoms with van der Waals surface area (Å²) in [6.45, 7) is 4.38. The van der Waals surface area contributed by atoms with E-state index in [1.54, 1.807) is 7.11 Å². The van der Waals surface area contributed by atoms with Crippen molar-refractivity contribution in [3.8, 4) is 0 Å². The molecular formula is C16H22N2O3S. The summed E-state index contributed by atoms with van der Waals surface area (Å²) in [6, 6.07) is 6.00. The van der Waals surface area contributed by atoms with Gasteiger partial charge in [-0.2, -0.15) is 0 Å². The van der Waals surface area contributed by atoms with E-state index in [9.17, 15) is 4.79 Å². The van der Waals surface area contributed by atoms with Crippen molar-refractivity contribution in [2.75, 3.05) is 32.6 Å². The second-order valence-electron chi connectivity index (χ2n) is 6.08. The number of rotatable bonds is 5. The standard InChI is InChI=1S/C16H22N2O3S/c1-12-4-3-5-13(17-12)7-21-14-6-16(22-9-14)10-18(11-16)15(19)8-20-2/h3-5,14H,6-11H2,1-2H3. The Bertz CT molecular complexity index is 546. The second-order valence-corrected chi connectivity index (χ2v) is 7.57.